The number of halogens is 3. The molecule has 8 heteroatoms. The maximum atomic E-state index is 12.6. The van der Waals surface area contributed by atoms with E-state index in [4.69, 9.17) is 4.42 Å². The highest BCUT2D eigenvalue weighted by Crippen LogP contribution is 2.27. The average molecular weight is 418 g/mol. The van der Waals surface area contributed by atoms with Gasteiger partial charge in [0.05, 0.1) is 6.20 Å². The van der Waals surface area contributed by atoms with Crippen LogP contribution in [0.2, 0.25) is 0 Å². The molecule has 1 heterocycles. The third-order valence-corrected chi connectivity index (χ3v) is 4.47. The number of rotatable bonds is 7. The lowest BCUT2D eigenvalue weighted by atomic mass is 10.1. The third-order valence-electron chi connectivity index (χ3n) is 4.47. The van der Waals surface area contributed by atoms with Crippen LogP contribution in [0.4, 0.5) is 13.2 Å². The molecule has 2 aromatic carbocycles. The monoisotopic (exact) mass is 418 g/mol. The van der Waals surface area contributed by atoms with E-state index in [1.165, 1.54) is 30.1 Å². The Morgan fingerprint density at radius 1 is 1.13 bits per heavy atom. The zero-order chi connectivity index (χ0) is 21.7. The van der Waals surface area contributed by atoms with Crippen molar-refractivity contribution < 1.29 is 27.1 Å². The molecular formula is C22H21F3N2O3. The zero-order valence-electron chi connectivity index (χ0n) is 16.6. The molecule has 0 fully saturated rings. The first kappa shape index (κ1) is 21.4. The van der Waals surface area contributed by atoms with Crippen molar-refractivity contribution in [3.05, 3.63) is 71.7 Å². The first-order valence-electron chi connectivity index (χ1n) is 9.30. The molecule has 0 spiro atoms. The lowest BCUT2D eigenvalue weighted by molar-refractivity contribution is -0.275. The summed E-state index contributed by atoms with van der Waals surface area (Å²) in [7, 11) is 1.53. The number of carbonyl (C=O) groups is 1. The van der Waals surface area contributed by atoms with Gasteiger partial charge in [-0.05, 0) is 13.0 Å². The van der Waals surface area contributed by atoms with Gasteiger partial charge in [0, 0.05) is 37.6 Å². The Labute approximate surface area is 172 Å². The first-order valence-corrected chi connectivity index (χ1v) is 9.30. The summed E-state index contributed by atoms with van der Waals surface area (Å²) in [5.74, 6) is 0.476. The summed E-state index contributed by atoms with van der Waals surface area (Å²) in [6.07, 6.45) is -2.78. The van der Waals surface area contributed by atoms with Gasteiger partial charge < -0.3 is 14.1 Å². The number of aromatic nitrogens is 1. The predicted octanol–water partition coefficient (Wildman–Crippen LogP) is 5.14. The number of oxazole rings is 1. The summed E-state index contributed by atoms with van der Waals surface area (Å²) in [5, 5.41) is 0. The van der Waals surface area contributed by atoms with E-state index in [-0.39, 0.29) is 36.6 Å². The topological polar surface area (TPSA) is 55.6 Å². The summed E-state index contributed by atoms with van der Waals surface area (Å²) in [5.41, 5.74) is 2.29. The molecule has 30 heavy (non-hydrogen) atoms. The highest BCUT2D eigenvalue weighted by atomic mass is 19.4. The summed E-state index contributed by atoms with van der Waals surface area (Å²) < 4.78 is 47.4. The van der Waals surface area contributed by atoms with Gasteiger partial charge in [0.2, 0.25) is 5.91 Å². The van der Waals surface area contributed by atoms with E-state index in [9.17, 15) is 18.0 Å². The molecule has 5 nitrogen and oxygen atoms in total. The van der Waals surface area contributed by atoms with Gasteiger partial charge in [-0.15, -0.1) is 13.2 Å². The Hall–Kier alpha value is -3.29. The van der Waals surface area contributed by atoms with E-state index < -0.39 is 6.36 Å². The number of alkyl halides is 3. The van der Waals surface area contributed by atoms with Crippen molar-refractivity contribution in [3.8, 4) is 17.1 Å². The lowest BCUT2D eigenvalue weighted by Crippen LogP contribution is -2.27. The fraction of sp³-hybridized carbons (Fsp3) is 0.273. The van der Waals surface area contributed by atoms with Gasteiger partial charge in [0.15, 0.2) is 11.7 Å². The van der Waals surface area contributed by atoms with Gasteiger partial charge in [-0.25, -0.2) is 4.98 Å². The zero-order valence-corrected chi connectivity index (χ0v) is 16.6. The van der Waals surface area contributed by atoms with Crippen LogP contribution in [0.25, 0.3) is 11.3 Å². The maximum Gasteiger partial charge on any atom is 0.573 e. The summed E-state index contributed by atoms with van der Waals surface area (Å²) in [4.78, 5) is 18.0. The minimum Gasteiger partial charge on any atom is -0.441 e. The molecule has 0 radical (unpaired) electrons. The van der Waals surface area contributed by atoms with Crippen LogP contribution in [0.3, 0.4) is 0 Å². The van der Waals surface area contributed by atoms with Crippen molar-refractivity contribution in [2.45, 2.75) is 32.7 Å². The van der Waals surface area contributed by atoms with E-state index >= 15 is 0 Å². The van der Waals surface area contributed by atoms with Crippen LogP contribution < -0.4 is 4.74 Å². The molecule has 0 bridgehead atoms. The Morgan fingerprint density at radius 3 is 2.53 bits per heavy atom. The Kier molecular flexibility index (Phi) is 6.44. The second-order valence-corrected chi connectivity index (χ2v) is 6.89. The standard InChI is InChI=1S/C22H21F3N2O3/c1-15-7-9-16(10-8-15)19-13-26-20(29-19)11-12-21(28)27(2)14-17-5-3-4-6-18(17)30-22(23,24)25/h3-10,13H,11-12,14H2,1-2H3. The quantitative estimate of drug-likeness (QED) is 0.533. The van der Waals surface area contributed by atoms with E-state index in [1.807, 2.05) is 31.2 Å². The van der Waals surface area contributed by atoms with Gasteiger partial charge >= 0.3 is 6.36 Å². The van der Waals surface area contributed by atoms with Gasteiger partial charge in [-0.2, -0.15) is 0 Å². The third kappa shape index (κ3) is 5.85. The van der Waals surface area contributed by atoms with Crippen LogP contribution in [0.1, 0.15) is 23.4 Å². The molecule has 0 aliphatic heterocycles. The van der Waals surface area contributed by atoms with Gasteiger partial charge in [0.25, 0.3) is 0 Å². The molecule has 1 amide bonds. The van der Waals surface area contributed by atoms with Crippen LogP contribution in [0.5, 0.6) is 5.75 Å². The number of aryl methyl sites for hydroxylation is 2. The van der Waals surface area contributed by atoms with E-state index in [0.29, 0.717) is 11.7 Å². The normalized spacial score (nSPS) is 11.4. The Balaban J connectivity index is 1.58. The highest BCUT2D eigenvalue weighted by Gasteiger charge is 2.32. The van der Waals surface area contributed by atoms with Crippen LogP contribution in [0.15, 0.2) is 59.1 Å². The molecule has 158 valence electrons. The van der Waals surface area contributed by atoms with Crippen molar-refractivity contribution in [2.24, 2.45) is 0 Å². The number of amides is 1. The van der Waals surface area contributed by atoms with Gasteiger partial charge in [-0.1, -0.05) is 48.0 Å². The van der Waals surface area contributed by atoms with Gasteiger partial charge in [-0.3, -0.25) is 4.79 Å². The molecule has 1 aromatic heterocycles. The fourth-order valence-corrected chi connectivity index (χ4v) is 2.88. The average Bonchev–Trinajstić information content (AvgIpc) is 3.16. The summed E-state index contributed by atoms with van der Waals surface area (Å²) >= 11 is 0. The summed E-state index contributed by atoms with van der Waals surface area (Å²) in [6, 6.07) is 13.6. The fourth-order valence-electron chi connectivity index (χ4n) is 2.88. The maximum absolute atomic E-state index is 12.6. The molecule has 0 aliphatic carbocycles. The number of nitrogens with zero attached hydrogens (tertiary/aromatic N) is 2. The number of benzene rings is 2. The van der Waals surface area contributed by atoms with Crippen molar-refractivity contribution in [1.29, 1.82) is 0 Å². The lowest BCUT2D eigenvalue weighted by Gasteiger charge is -2.19. The van der Waals surface area contributed by atoms with Crippen molar-refractivity contribution >= 4 is 5.91 Å². The minimum atomic E-state index is -4.79. The molecule has 0 saturated carbocycles. The number of hydrogen-bond acceptors (Lipinski definition) is 4. The Bertz CT molecular complexity index is 997. The van der Waals surface area contributed by atoms with E-state index in [0.717, 1.165) is 11.1 Å². The number of ether oxygens (including phenoxy) is 1. The predicted molar refractivity (Wildman–Crippen MR) is 105 cm³/mol. The molecular weight excluding hydrogens is 397 g/mol. The largest absolute Gasteiger partial charge is 0.573 e. The van der Waals surface area contributed by atoms with Crippen LogP contribution in [-0.4, -0.2) is 29.2 Å². The number of para-hydroxylation sites is 1. The van der Waals surface area contributed by atoms with Crippen molar-refractivity contribution in [2.75, 3.05) is 7.05 Å². The van der Waals surface area contributed by atoms with E-state index in [1.54, 1.807) is 12.3 Å². The molecule has 3 aromatic rings. The Morgan fingerprint density at radius 2 is 1.83 bits per heavy atom. The van der Waals surface area contributed by atoms with Crippen molar-refractivity contribution in [3.63, 3.8) is 0 Å². The summed E-state index contributed by atoms with van der Waals surface area (Å²) in [6.45, 7) is 1.98. The van der Waals surface area contributed by atoms with Crippen LogP contribution >= 0.6 is 0 Å². The van der Waals surface area contributed by atoms with Gasteiger partial charge in [0.1, 0.15) is 5.75 Å². The number of carbonyl (C=O) groups excluding carboxylic acids is 1. The first-order chi connectivity index (χ1) is 14.2. The van der Waals surface area contributed by atoms with E-state index in [2.05, 4.69) is 9.72 Å². The number of hydrogen-bond donors (Lipinski definition) is 0. The highest BCUT2D eigenvalue weighted by molar-refractivity contribution is 5.76. The molecule has 0 unspecified atom stereocenters. The second kappa shape index (κ2) is 9.02. The second-order valence-electron chi connectivity index (χ2n) is 6.89. The van der Waals surface area contributed by atoms with Crippen molar-refractivity contribution in [1.82, 2.24) is 9.88 Å². The minimum absolute atomic E-state index is 0.00864. The smallest absolute Gasteiger partial charge is 0.441 e. The SMILES string of the molecule is Cc1ccc(-c2cnc(CCC(=O)N(C)Cc3ccccc3OC(F)(F)F)o2)cc1. The van der Waals surface area contributed by atoms with Crippen LogP contribution in [-0.2, 0) is 17.8 Å². The molecule has 0 aliphatic rings. The molecule has 3 rings (SSSR count). The molecule has 0 saturated heterocycles. The van der Waals surface area contributed by atoms with Crippen LogP contribution in [0, 0.1) is 6.92 Å². The molecule has 0 atom stereocenters. The molecule has 0 N–H and O–H groups in total.